The molecule has 1 aromatic rings. The van der Waals surface area contributed by atoms with Crippen LogP contribution < -0.4 is 0 Å². The summed E-state index contributed by atoms with van der Waals surface area (Å²) in [5, 5.41) is 9.89. The van der Waals surface area contributed by atoms with Crippen molar-refractivity contribution in [3.63, 3.8) is 0 Å². The van der Waals surface area contributed by atoms with Crippen molar-refractivity contribution in [3.8, 4) is 0 Å². The lowest BCUT2D eigenvalue weighted by atomic mass is 9.83. The molecule has 1 N–H and O–H groups in total. The third kappa shape index (κ3) is 3.33. The first-order valence-corrected chi connectivity index (χ1v) is 6.97. The average molecular weight is 283 g/mol. The Labute approximate surface area is 106 Å². The highest BCUT2D eigenvalue weighted by molar-refractivity contribution is 9.10. The minimum atomic E-state index is -0.0547. The van der Waals surface area contributed by atoms with E-state index in [0.29, 0.717) is 5.92 Å². The van der Waals surface area contributed by atoms with Crippen molar-refractivity contribution in [1.29, 1.82) is 0 Å². The number of benzene rings is 1. The maximum Gasteiger partial charge on any atom is 0.0568 e. The molecule has 1 aliphatic rings. The van der Waals surface area contributed by atoms with E-state index in [1.807, 2.05) is 0 Å². The van der Waals surface area contributed by atoms with Crippen LogP contribution in [0.4, 0.5) is 0 Å². The molecule has 0 spiro atoms. The first-order valence-electron chi connectivity index (χ1n) is 6.18. The fraction of sp³-hybridized carbons (Fsp3) is 0.571. The van der Waals surface area contributed by atoms with E-state index in [4.69, 9.17) is 0 Å². The Morgan fingerprint density at radius 1 is 1.25 bits per heavy atom. The second-order valence-electron chi connectivity index (χ2n) is 4.78. The maximum absolute atomic E-state index is 9.89. The molecule has 2 rings (SSSR count). The standard InChI is InChI=1S/C14H19BrO/c15-13-6-3-4-11(10-13)8-9-12-5-1-2-7-14(12)16/h3-4,6,10,12,14,16H,1-2,5,7-9H2. The van der Waals surface area contributed by atoms with Crippen LogP contribution >= 0.6 is 15.9 Å². The molecule has 16 heavy (non-hydrogen) atoms. The second-order valence-corrected chi connectivity index (χ2v) is 5.70. The summed E-state index contributed by atoms with van der Waals surface area (Å²) in [5.41, 5.74) is 1.37. The monoisotopic (exact) mass is 282 g/mol. The number of aliphatic hydroxyl groups is 1. The normalized spacial score (nSPS) is 25.6. The highest BCUT2D eigenvalue weighted by Gasteiger charge is 2.22. The lowest BCUT2D eigenvalue weighted by molar-refractivity contribution is 0.0655. The number of aryl methyl sites for hydroxylation is 1. The molecule has 1 saturated carbocycles. The van der Waals surface area contributed by atoms with Crippen LogP contribution in [0.25, 0.3) is 0 Å². The van der Waals surface area contributed by atoms with Gasteiger partial charge in [0, 0.05) is 4.47 Å². The fourth-order valence-corrected chi connectivity index (χ4v) is 3.02. The molecule has 1 aliphatic carbocycles. The van der Waals surface area contributed by atoms with E-state index in [-0.39, 0.29) is 6.10 Å². The van der Waals surface area contributed by atoms with Gasteiger partial charge in [-0.2, -0.15) is 0 Å². The van der Waals surface area contributed by atoms with Gasteiger partial charge in [-0.25, -0.2) is 0 Å². The first-order chi connectivity index (χ1) is 7.75. The van der Waals surface area contributed by atoms with E-state index in [1.165, 1.54) is 24.8 Å². The summed E-state index contributed by atoms with van der Waals surface area (Å²) < 4.78 is 1.15. The van der Waals surface area contributed by atoms with Crippen molar-refractivity contribution < 1.29 is 5.11 Å². The third-order valence-electron chi connectivity index (χ3n) is 3.56. The molecular weight excluding hydrogens is 264 g/mol. The second kappa shape index (κ2) is 5.83. The Bertz CT molecular complexity index is 337. The molecule has 1 fully saturated rings. The Balaban J connectivity index is 1.86. The minimum Gasteiger partial charge on any atom is -0.393 e. The summed E-state index contributed by atoms with van der Waals surface area (Å²) in [6.45, 7) is 0. The summed E-state index contributed by atoms with van der Waals surface area (Å²) in [6.07, 6.45) is 6.85. The zero-order valence-corrected chi connectivity index (χ0v) is 11.1. The lowest BCUT2D eigenvalue weighted by Gasteiger charge is -2.27. The highest BCUT2D eigenvalue weighted by atomic mass is 79.9. The summed E-state index contributed by atoms with van der Waals surface area (Å²) in [6, 6.07) is 8.48. The minimum absolute atomic E-state index is 0.0547. The van der Waals surface area contributed by atoms with E-state index < -0.39 is 0 Å². The smallest absolute Gasteiger partial charge is 0.0568 e. The third-order valence-corrected chi connectivity index (χ3v) is 4.06. The topological polar surface area (TPSA) is 20.2 Å². The lowest BCUT2D eigenvalue weighted by Crippen LogP contribution is -2.24. The van der Waals surface area contributed by atoms with E-state index in [9.17, 15) is 5.11 Å². The number of hydrogen-bond donors (Lipinski definition) is 1. The van der Waals surface area contributed by atoms with Crippen molar-refractivity contribution in [3.05, 3.63) is 34.3 Å². The Kier molecular flexibility index (Phi) is 4.42. The van der Waals surface area contributed by atoms with Gasteiger partial charge in [0.15, 0.2) is 0 Å². The van der Waals surface area contributed by atoms with E-state index in [1.54, 1.807) is 0 Å². The quantitative estimate of drug-likeness (QED) is 0.891. The van der Waals surface area contributed by atoms with Crippen LogP contribution in [0.15, 0.2) is 28.7 Å². The van der Waals surface area contributed by atoms with Crippen LogP contribution in [0.1, 0.15) is 37.7 Å². The highest BCUT2D eigenvalue weighted by Crippen LogP contribution is 2.28. The molecule has 0 radical (unpaired) electrons. The molecule has 1 nitrogen and oxygen atoms in total. The molecule has 0 bridgehead atoms. The van der Waals surface area contributed by atoms with Crippen molar-refractivity contribution >= 4 is 15.9 Å². The largest absolute Gasteiger partial charge is 0.393 e. The van der Waals surface area contributed by atoms with Crippen molar-refractivity contribution in [2.75, 3.05) is 0 Å². The molecule has 2 heteroatoms. The van der Waals surface area contributed by atoms with E-state index in [2.05, 4.69) is 40.2 Å². The van der Waals surface area contributed by atoms with Gasteiger partial charge >= 0.3 is 0 Å². The van der Waals surface area contributed by atoms with Gasteiger partial charge in [0.25, 0.3) is 0 Å². The molecular formula is C14H19BrO. The molecule has 1 aromatic carbocycles. The van der Waals surface area contributed by atoms with E-state index >= 15 is 0 Å². The molecule has 88 valence electrons. The predicted octanol–water partition coefficient (Wildman–Crippen LogP) is 3.93. The summed E-state index contributed by atoms with van der Waals surface area (Å²) in [7, 11) is 0. The zero-order chi connectivity index (χ0) is 11.4. The predicted molar refractivity (Wildman–Crippen MR) is 70.4 cm³/mol. The van der Waals surface area contributed by atoms with Crippen LogP contribution in [0, 0.1) is 5.92 Å². The van der Waals surface area contributed by atoms with Gasteiger partial charge in [0.2, 0.25) is 0 Å². The van der Waals surface area contributed by atoms with Crippen LogP contribution in [-0.4, -0.2) is 11.2 Å². The molecule has 0 aliphatic heterocycles. The van der Waals surface area contributed by atoms with Gasteiger partial charge in [-0.1, -0.05) is 40.9 Å². The van der Waals surface area contributed by atoms with Crippen molar-refractivity contribution in [2.45, 2.75) is 44.6 Å². The molecule has 0 saturated heterocycles. The van der Waals surface area contributed by atoms with Gasteiger partial charge in [0.1, 0.15) is 0 Å². The number of halogens is 1. The Morgan fingerprint density at radius 3 is 2.81 bits per heavy atom. The molecule has 2 atom stereocenters. The molecule has 0 amide bonds. The molecule has 2 unspecified atom stereocenters. The SMILES string of the molecule is OC1CCCCC1CCc1cccc(Br)c1. The fourth-order valence-electron chi connectivity index (χ4n) is 2.57. The molecule has 0 aromatic heterocycles. The Hall–Kier alpha value is -0.340. The first kappa shape index (κ1) is 12.1. The average Bonchev–Trinajstić information content (AvgIpc) is 2.28. The van der Waals surface area contributed by atoms with Crippen molar-refractivity contribution in [2.24, 2.45) is 5.92 Å². The number of hydrogen-bond acceptors (Lipinski definition) is 1. The van der Waals surface area contributed by atoms with E-state index in [0.717, 1.165) is 23.7 Å². The van der Waals surface area contributed by atoms with Crippen LogP contribution in [0.3, 0.4) is 0 Å². The maximum atomic E-state index is 9.89. The molecule has 0 heterocycles. The summed E-state index contributed by atoms with van der Waals surface area (Å²) >= 11 is 3.49. The van der Waals surface area contributed by atoms with Gasteiger partial charge in [0.05, 0.1) is 6.10 Å². The van der Waals surface area contributed by atoms with Gasteiger partial charge in [-0.05, 0) is 49.3 Å². The van der Waals surface area contributed by atoms with Crippen LogP contribution in [-0.2, 0) is 6.42 Å². The summed E-state index contributed by atoms with van der Waals surface area (Å²) in [5.74, 6) is 0.521. The van der Waals surface area contributed by atoms with Gasteiger partial charge in [-0.15, -0.1) is 0 Å². The number of aliphatic hydroxyl groups excluding tert-OH is 1. The summed E-state index contributed by atoms with van der Waals surface area (Å²) in [4.78, 5) is 0. The van der Waals surface area contributed by atoms with Crippen molar-refractivity contribution in [1.82, 2.24) is 0 Å². The number of rotatable bonds is 3. The Morgan fingerprint density at radius 2 is 2.06 bits per heavy atom. The van der Waals surface area contributed by atoms with Crippen LogP contribution in [0.2, 0.25) is 0 Å². The zero-order valence-electron chi connectivity index (χ0n) is 9.53. The van der Waals surface area contributed by atoms with Crippen LogP contribution in [0.5, 0.6) is 0 Å². The van der Waals surface area contributed by atoms with Gasteiger partial charge < -0.3 is 5.11 Å². The van der Waals surface area contributed by atoms with Gasteiger partial charge in [-0.3, -0.25) is 0 Å².